The molecule has 49 heavy (non-hydrogen) atoms. The van der Waals surface area contributed by atoms with E-state index in [-0.39, 0.29) is 42.4 Å². The number of carbonyl (C=O) groups excluding carboxylic acids is 3. The Morgan fingerprint density at radius 1 is 0.878 bits per heavy atom. The number of aliphatic imine (C=N–C) groups is 3. The molecule has 1 fully saturated rings. The van der Waals surface area contributed by atoms with Crippen LogP contribution >= 0.6 is 0 Å². The summed E-state index contributed by atoms with van der Waals surface area (Å²) >= 11 is 0. The minimum absolute atomic E-state index is 0.0399. The number of rotatable bonds is 7. The zero-order chi connectivity index (χ0) is 35.5. The Hall–Kier alpha value is -5.06. The predicted octanol–water partition coefficient (Wildman–Crippen LogP) is 5.96. The summed E-state index contributed by atoms with van der Waals surface area (Å²) in [5.41, 5.74) is 9.10. The van der Waals surface area contributed by atoms with Crippen LogP contribution in [0.5, 0.6) is 0 Å². The normalized spacial score (nSPS) is 25.7. The first-order valence-corrected chi connectivity index (χ1v) is 16.5. The summed E-state index contributed by atoms with van der Waals surface area (Å²) in [6.07, 6.45) is 7.10. The number of hydrogen-bond acceptors (Lipinski definition) is 11. The van der Waals surface area contributed by atoms with E-state index in [1.165, 1.54) is 21.3 Å². The third-order valence-corrected chi connectivity index (χ3v) is 10.7. The highest BCUT2D eigenvalue weighted by molar-refractivity contribution is 6.25. The number of esters is 3. The Morgan fingerprint density at radius 2 is 1.51 bits per heavy atom. The van der Waals surface area contributed by atoms with Crippen molar-refractivity contribution < 1.29 is 33.7 Å². The van der Waals surface area contributed by atoms with E-state index in [0.29, 0.717) is 58.1 Å². The molecule has 0 spiro atoms. The van der Waals surface area contributed by atoms with Crippen molar-refractivity contribution >= 4 is 35.0 Å². The van der Waals surface area contributed by atoms with E-state index < -0.39 is 11.4 Å². The number of aliphatic hydroxyl groups is 1. The van der Waals surface area contributed by atoms with Crippen LogP contribution in [0.1, 0.15) is 67.2 Å². The van der Waals surface area contributed by atoms with Gasteiger partial charge < -0.3 is 24.6 Å². The molecule has 6 aliphatic rings. The van der Waals surface area contributed by atoms with E-state index in [1.807, 2.05) is 45.9 Å². The molecule has 0 saturated carbocycles. The molecule has 5 aliphatic heterocycles. The number of carbonyl (C=O) groups is 3. The van der Waals surface area contributed by atoms with Crippen LogP contribution in [0.4, 0.5) is 0 Å². The van der Waals surface area contributed by atoms with Crippen molar-refractivity contribution in [2.45, 2.75) is 67.2 Å². The van der Waals surface area contributed by atoms with Crippen molar-refractivity contribution in [2.24, 2.45) is 32.2 Å². The van der Waals surface area contributed by atoms with Crippen LogP contribution in [0.3, 0.4) is 0 Å². The number of fused-ring (bicyclic) bond motifs is 5. The topological polar surface area (TPSA) is 148 Å². The van der Waals surface area contributed by atoms with E-state index in [9.17, 15) is 19.5 Å². The van der Waals surface area contributed by atoms with Crippen molar-refractivity contribution in [2.75, 3.05) is 21.3 Å². The molecular formula is C38H42N4O7. The second-order valence-corrected chi connectivity index (χ2v) is 13.2. The van der Waals surface area contributed by atoms with E-state index >= 15 is 0 Å². The van der Waals surface area contributed by atoms with E-state index in [2.05, 4.69) is 12.2 Å². The van der Waals surface area contributed by atoms with Gasteiger partial charge in [-0.25, -0.2) is 15.0 Å². The molecule has 3 atom stereocenters. The lowest BCUT2D eigenvalue weighted by atomic mass is 9.78. The molecule has 2 N–H and O–H groups in total. The monoisotopic (exact) mass is 666 g/mol. The number of allylic oxidation sites excluding steroid dienone is 11. The average Bonchev–Trinajstić information content (AvgIpc) is 3.80. The summed E-state index contributed by atoms with van der Waals surface area (Å²) < 4.78 is 15.3. The summed E-state index contributed by atoms with van der Waals surface area (Å²) in [6, 6.07) is 0. The van der Waals surface area contributed by atoms with Gasteiger partial charge >= 0.3 is 17.9 Å². The van der Waals surface area contributed by atoms with Gasteiger partial charge in [-0.2, -0.15) is 0 Å². The highest BCUT2D eigenvalue weighted by atomic mass is 16.5. The minimum atomic E-state index is -1.57. The Labute approximate surface area is 286 Å². The van der Waals surface area contributed by atoms with Crippen LogP contribution in [-0.4, -0.2) is 61.5 Å². The van der Waals surface area contributed by atoms with Gasteiger partial charge in [0.1, 0.15) is 5.76 Å². The first-order valence-electron chi connectivity index (χ1n) is 16.5. The third-order valence-electron chi connectivity index (χ3n) is 10.7. The Bertz CT molecular complexity index is 1970. The minimum Gasteiger partial charge on any atom is -0.510 e. The quantitative estimate of drug-likeness (QED) is 0.250. The van der Waals surface area contributed by atoms with Crippen molar-refractivity contribution in [1.29, 1.82) is 0 Å². The van der Waals surface area contributed by atoms with Crippen molar-refractivity contribution in [3.8, 4) is 0 Å². The average molecular weight is 667 g/mol. The van der Waals surface area contributed by atoms with E-state index in [4.69, 9.17) is 29.2 Å². The molecule has 6 rings (SSSR count). The maximum atomic E-state index is 13.7. The molecule has 0 radical (unpaired) electrons. The number of ether oxygens (including phenoxy) is 3. The Kier molecular flexibility index (Phi) is 8.58. The molecule has 256 valence electrons. The van der Waals surface area contributed by atoms with Gasteiger partial charge in [-0.1, -0.05) is 13.8 Å². The number of hydrogen-bond donors (Lipinski definition) is 2. The van der Waals surface area contributed by atoms with Crippen molar-refractivity contribution in [3.63, 3.8) is 0 Å². The second kappa shape index (κ2) is 12.4. The van der Waals surface area contributed by atoms with Gasteiger partial charge in [-0.3, -0.25) is 14.4 Å². The number of methoxy groups -OCH3 is 3. The fourth-order valence-corrected chi connectivity index (χ4v) is 7.66. The van der Waals surface area contributed by atoms with Gasteiger partial charge in [-0.15, -0.1) is 0 Å². The molecule has 0 aromatic rings. The molecule has 5 heterocycles. The first-order chi connectivity index (χ1) is 23.3. The summed E-state index contributed by atoms with van der Waals surface area (Å²) in [5, 5.41) is 15.5. The fraction of sp³-hybridized carbons (Fsp3) is 0.421. The zero-order valence-corrected chi connectivity index (χ0v) is 29.5. The molecule has 0 amide bonds. The first kappa shape index (κ1) is 33.8. The molecule has 11 heteroatoms. The van der Waals surface area contributed by atoms with Gasteiger partial charge in [0.05, 0.1) is 62.0 Å². The highest BCUT2D eigenvalue weighted by Gasteiger charge is 2.57. The number of nitrogens with one attached hydrogen (secondary N) is 1. The molecular weight excluding hydrogens is 624 g/mol. The van der Waals surface area contributed by atoms with Crippen LogP contribution in [-0.2, 0) is 28.6 Å². The standard InChI is InChI=1S/C38H42N4O7/c1-10-21-17(2)25-15-29-23(13-31(44)48-8)19(4)24(40-29)14-26-18(3)22(11-12-30(43)47-7)34(41-26)33-35-32(36(45)38(33,6)37(46)49-9)20(5)27(42-35)16-28(21)39-25/h14-16,18,22,41,45H,10-13H2,1-9H3. The van der Waals surface area contributed by atoms with Gasteiger partial charge in [0.15, 0.2) is 5.41 Å². The van der Waals surface area contributed by atoms with Crippen LogP contribution in [0.15, 0.2) is 106 Å². The molecule has 11 nitrogen and oxygen atoms in total. The number of nitrogens with zero attached hydrogens (tertiary/aromatic N) is 3. The summed E-state index contributed by atoms with van der Waals surface area (Å²) in [5.74, 6) is -1.95. The largest absolute Gasteiger partial charge is 0.510 e. The lowest BCUT2D eigenvalue weighted by Crippen LogP contribution is -2.35. The maximum absolute atomic E-state index is 13.7. The maximum Gasteiger partial charge on any atom is 0.323 e. The Balaban J connectivity index is 1.68. The lowest BCUT2D eigenvalue weighted by Gasteiger charge is -2.27. The summed E-state index contributed by atoms with van der Waals surface area (Å²) in [4.78, 5) is 53.8. The smallest absolute Gasteiger partial charge is 0.323 e. The van der Waals surface area contributed by atoms with Gasteiger partial charge in [0.2, 0.25) is 0 Å². The van der Waals surface area contributed by atoms with Gasteiger partial charge in [0.25, 0.3) is 0 Å². The summed E-state index contributed by atoms with van der Waals surface area (Å²) in [6.45, 7) is 11.6. The SMILES string of the molecule is CCC1=C(C)C2=NC1=CC1=C(C)C3=C(O)C(C)(C(=O)OC)C(=C4NC(=CC5=NC(=C2)C(CC(=O)OC)=C5C)C(C)C4CCC(=O)OC)C3=N1. The third kappa shape index (κ3) is 5.17. The van der Waals surface area contributed by atoms with Crippen molar-refractivity contribution in [1.82, 2.24) is 5.32 Å². The van der Waals surface area contributed by atoms with Gasteiger partial charge in [0, 0.05) is 40.8 Å². The molecule has 1 aliphatic carbocycles. The molecule has 1 saturated heterocycles. The lowest BCUT2D eigenvalue weighted by molar-refractivity contribution is -0.148. The number of aliphatic hydroxyl groups excluding tert-OH is 1. The zero-order valence-electron chi connectivity index (χ0n) is 29.5. The fourth-order valence-electron chi connectivity index (χ4n) is 7.66. The molecule has 3 unspecified atom stereocenters. The second-order valence-electron chi connectivity index (χ2n) is 13.2. The van der Waals surface area contributed by atoms with Crippen LogP contribution in [0.25, 0.3) is 0 Å². The highest BCUT2D eigenvalue weighted by Crippen LogP contribution is 2.54. The van der Waals surface area contributed by atoms with Crippen molar-refractivity contribution in [3.05, 3.63) is 91.5 Å². The van der Waals surface area contributed by atoms with Crippen LogP contribution in [0.2, 0.25) is 0 Å². The van der Waals surface area contributed by atoms with Crippen LogP contribution in [0, 0.1) is 17.3 Å². The van der Waals surface area contributed by atoms with Gasteiger partial charge in [-0.05, 0) is 86.6 Å². The molecule has 0 aromatic heterocycles. The molecule has 0 aromatic carbocycles. The van der Waals surface area contributed by atoms with E-state index in [0.717, 1.165) is 39.4 Å². The summed E-state index contributed by atoms with van der Waals surface area (Å²) in [7, 11) is 4.02. The van der Waals surface area contributed by atoms with Crippen LogP contribution < -0.4 is 5.32 Å². The predicted molar refractivity (Wildman–Crippen MR) is 185 cm³/mol. The van der Waals surface area contributed by atoms with E-state index in [1.54, 1.807) is 6.92 Å². The Morgan fingerprint density at radius 3 is 2.14 bits per heavy atom. The molecule has 8 bridgehead atoms.